The van der Waals surface area contributed by atoms with Crippen molar-refractivity contribution in [1.29, 1.82) is 0 Å². The van der Waals surface area contributed by atoms with E-state index in [0.29, 0.717) is 17.7 Å². The van der Waals surface area contributed by atoms with E-state index in [9.17, 15) is 4.79 Å². The normalized spacial score (nSPS) is 20.8. The lowest BCUT2D eigenvalue weighted by molar-refractivity contribution is -0.122. The third-order valence-electron chi connectivity index (χ3n) is 7.45. The van der Waals surface area contributed by atoms with Crippen LogP contribution in [0.25, 0.3) is 0 Å². The Kier molecular flexibility index (Phi) is 8.32. The number of hydrogen-bond acceptors (Lipinski definition) is 3. The van der Waals surface area contributed by atoms with E-state index in [1.165, 1.54) is 32.2 Å². The SMILES string of the molecule is CC1CCCCN1CCCOc1ccc(NC(=O)C2(c3ccc(Cl)cc3)CCCCC2)cc1. The van der Waals surface area contributed by atoms with Crippen LogP contribution in [0.2, 0.25) is 5.02 Å². The van der Waals surface area contributed by atoms with E-state index in [-0.39, 0.29) is 5.91 Å². The van der Waals surface area contributed by atoms with Gasteiger partial charge in [0.1, 0.15) is 5.75 Å². The molecule has 33 heavy (non-hydrogen) atoms. The summed E-state index contributed by atoms with van der Waals surface area (Å²) in [6.07, 6.45) is 10.1. The first-order valence-electron chi connectivity index (χ1n) is 12.6. The minimum Gasteiger partial charge on any atom is -0.494 e. The van der Waals surface area contributed by atoms with Gasteiger partial charge in [0.15, 0.2) is 0 Å². The first kappa shape index (κ1) is 24.1. The zero-order chi connectivity index (χ0) is 23.1. The summed E-state index contributed by atoms with van der Waals surface area (Å²) in [5.74, 6) is 0.929. The average Bonchev–Trinajstić information content (AvgIpc) is 2.84. The van der Waals surface area contributed by atoms with Gasteiger partial charge in [-0.25, -0.2) is 0 Å². The van der Waals surface area contributed by atoms with Crippen molar-refractivity contribution in [2.24, 2.45) is 0 Å². The van der Waals surface area contributed by atoms with Crippen LogP contribution in [0.15, 0.2) is 48.5 Å². The fourth-order valence-corrected chi connectivity index (χ4v) is 5.53. The lowest BCUT2D eigenvalue weighted by atomic mass is 9.68. The van der Waals surface area contributed by atoms with Gasteiger partial charge >= 0.3 is 0 Å². The predicted molar refractivity (Wildman–Crippen MR) is 136 cm³/mol. The van der Waals surface area contributed by atoms with Crippen molar-refractivity contribution in [2.75, 3.05) is 25.0 Å². The van der Waals surface area contributed by atoms with Crippen LogP contribution >= 0.6 is 11.6 Å². The van der Waals surface area contributed by atoms with Crippen molar-refractivity contribution in [1.82, 2.24) is 4.90 Å². The predicted octanol–water partition coefficient (Wildman–Crippen LogP) is 6.82. The first-order valence-corrected chi connectivity index (χ1v) is 13.0. The number of halogens is 1. The molecular formula is C28H37ClN2O2. The van der Waals surface area contributed by atoms with Crippen molar-refractivity contribution in [3.05, 3.63) is 59.1 Å². The highest BCUT2D eigenvalue weighted by Gasteiger charge is 2.41. The van der Waals surface area contributed by atoms with Crippen molar-refractivity contribution in [2.45, 2.75) is 76.2 Å². The van der Waals surface area contributed by atoms with Gasteiger partial charge in [0.05, 0.1) is 12.0 Å². The molecule has 1 aliphatic heterocycles. The van der Waals surface area contributed by atoms with Gasteiger partial charge in [-0.3, -0.25) is 4.79 Å². The molecule has 1 N–H and O–H groups in total. The Morgan fingerprint density at radius 1 is 1.03 bits per heavy atom. The Hall–Kier alpha value is -2.04. The standard InChI is InChI=1S/C28H37ClN2O2/c1-22-8-3-6-19-31(22)20-7-21-33-26-15-13-25(14-16-26)30-27(32)28(17-4-2-5-18-28)23-9-11-24(29)12-10-23/h9-16,22H,2-8,17-21H2,1H3,(H,30,32). The van der Waals surface area contributed by atoms with E-state index >= 15 is 0 Å². The molecule has 2 aromatic rings. The second-order valence-electron chi connectivity index (χ2n) is 9.71. The smallest absolute Gasteiger partial charge is 0.235 e. The number of anilines is 1. The number of hydrogen-bond donors (Lipinski definition) is 1. The summed E-state index contributed by atoms with van der Waals surface area (Å²) in [6.45, 7) is 5.36. The minimum atomic E-state index is -0.483. The highest BCUT2D eigenvalue weighted by atomic mass is 35.5. The molecule has 1 saturated carbocycles. The molecule has 4 rings (SSSR count). The average molecular weight is 469 g/mol. The lowest BCUT2D eigenvalue weighted by Crippen LogP contribution is -2.42. The topological polar surface area (TPSA) is 41.6 Å². The maximum atomic E-state index is 13.5. The quantitative estimate of drug-likeness (QED) is 0.432. The molecule has 0 radical (unpaired) electrons. The van der Waals surface area contributed by atoms with Gasteiger partial charge in [-0.15, -0.1) is 0 Å². The molecule has 1 unspecified atom stereocenters. The summed E-state index contributed by atoms with van der Waals surface area (Å²) in [5, 5.41) is 3.87. The van der Waals surface area contributed by atoms with E-state index in [0.717, 1.165) is 55.6 Å². The van der Waals surface area contributed by atoms with E-state index in [2.05, 4.69) is 17.1 Å². The number of piperidine rings is 1. The van der Waals surface area contributed by atoms with Crippen molar-refractivity contribution < 1.29 is 9.53 Å². The first-order chi connectivity index (χ1) is 16.1. The van der Waals surface area contributed by atoms with E-state index in [1.807, 2.05) is 48.5 Å². The van der Waals surface area contributed by atoms with Gasteiger partial charge in [0, 0.05) is 23.3 Å². The van der Waals surface area contributed by atoms with Crippen LogP contribution < -0.4 is 10.1 Å². The lowest BCUT2D eigenvalue weighted by Gasteiger charge is -2.36. The molecule has 178 valence electrons. The van der Waals surface area contributed by atoms with Gasteiger partial charge < -0.3 is 15.0 Å². The molecule has 1 saturated heterocycles. The number of carbonyl (C=O) groups is 1. The summed E-state index contributed by atoms with van der Waals surface area (Å²) in [4.78, 5) is 16.0. The maximum absolute atomic E-state index is 13.5. The fraction of sp³-hybridized carbons (Fsp3) is 0.536. The third kappa shape index (κ3) is 6.10. The van der Waals surface area contributed by atoms with Crippen molar-refractivity contribution >= 4 is 23.2 Å². The number of rotatable bonds is 8. The van der Waals surface area contributed by atoms with Gasteiger partial charge in [-0.05, 0) is 87.5 Å². The van der Waals surface area contributed by atoms with Crippen LogP contribution in [0.4, 0.5) is 5.69 Å². The monoisotopic (exact) mass is 468 g/mol. The number of ether oxygens (including phenoxy) is 1. The number of amides is 1. The van der Waals surface area contributed by atoms with Gasteiger partial charge in [-0.1, -0.05) is 49.4 Å². The van der Waals surface area contributed by atoms with Crippen LogP contribution in [0.5, 0.6) is 5.75 Å². The Morgan fingerprint density at radius 2 is 1.76 bits per heavy atom. The molecule has 0 aromatic heterocycles. The molecule has 2 fully saturated rings. The molecule has 2 aliphatic rings. The Morgan fingerprint density at radius 3 is 2.45 bits per heavy atom. The second kappa shape index (κ2) is 11.4. The third-order valence-corrected chi connectivity index (χ3v) is 7.70. The summed E-state index contributed by atoms with van der Waals surface area (Å²) in [6, 6.07) is 16.3. The van der Waals surface area contributed by atoms with Crippen LogP contribution in [0, 0.1) is 0 Å². The molecule has 5 heteroatoms. The van der Waals surface area contributed by atoms with E-state index < -0.39 is 5.41 Å². The number of carbonyl (C=O) groups excluding carboxylic acids is 1. The molecule has 1 aliphatic carbocycles. The zero-order valence-electron chi connectivity index (χ0n) is 19.8. The molecular weight excluding hydrogens is 432 g/mol. The molecule has 1 heterocycles. The maximum Gasteiger partial charge on any atom is 0.235 e. The van der Waals surface area contributed by atoms with Crippen LogP contribution in [0.3, 0.4) is 0 Å². The van der Waals surface area contributed by atoms with E-state index in [1.54, 1.807) is 0 Å². The molecule has 2 aromatic carbocycles. The fourth-order valence-electron chi connectivity index (χ4n) is 5.40. The van der Waals surface area contributed by atoms with Gasteiger partial charge in [-0.2, -0.15) is 0 Å². The summed E-state index contributed by atoms with van der Waals surface area (Å²) in [7, 11) is 0. The minimum absolute atomic E-state index is 0.0776. The molecule has 4 nitrogen and oxygen atoms in total. The Balaban J connectivity index is 1.31. The second-order valence-corrected chi connectivity index (χ2v) is 10.1. The summed E-state index contributed by atoms with van der Waals surface area (Å²) < 4.78 is 5.96. The van der Waals surface area contributed by atoms with Gasteiger partial charge in [0.2, 0.25) is 5.91 Å². The van der Waals surface area contributed by atoms with Crippen molar-refractivity contribution in [3.8, 4) is 5.75 Å². The molecule has 0 spiro atoms. The van der Waals surface area contributed by atoms with Crippen LogP contribution in [0.1, 0.15) is 70.3 Å². The number of nitrogens with zero attached hydrogens (tertiary/aromatic N) is 1. The summed E-state index contributed by atoms with van der Waals surface area (Å²) >= 11 is 6.10. The molecule has 0 bridgehead atoms. The van der Waals surface area contributed by atoms with E-state index in [4.69, 9.17) is 16.3 Å². The Labute approximate surface area is 203 Å². The highest BCUT2D eigenvalue weighted by Crippen LogP contribution is 2.41. The highest BCUT2D eigenvalue weighted by molar-refractivity contribution is 6.30. The largest absolute Gasteiger partial charge is 0.494 e. The zero-order valence-corrected chi connectivity index (χ0v) is 20.6. The van der Waals surface area contributed by atoms with Gasteiger partial charge in [0.25, 0.3) is 0 Å². The Bertz CT molecular complexity index is 891. The molecule has 1 atom stereocenters. The molecule has 1 amide bonds. The van der Waals surface area contributed by atoms with Crippen molar-refractivity contribution in [3.63, 3.8) is 0 Å². The number of nitrogens with one attached hydrogen (secondary N) is 1. The summed E-state index contributed by atoms with van der Waals surface area (Å²) in [5.41, 5.74) is 1.39. The van der Waals surface area contributed by atoms with Crippen LogP contribution in [-0.4, -0.2) is 36.5 Å². The van der Waals surface area contributed by atoms with Crippen LogP contribution in [-0.2, 0) is 10.2 Å². The number of benzene rings is 2. The number of likely N-dealkylation sites (tertiary alicyclic amines) is 1.